The molecule has 0 saturated carbocycles. The van der Waals surface area contributed by atoms with Gasteiger partial charge in [-0.25, -0.2) is 0 Å². The third-order valence-corrected chi connectivity index (χ3v) is 0.940. The van der Waals surface area contributed by atoms with Crippen LogP contribution >= 0.6 is 0 Å². The molecule has 50 valence electrons. The van der Waals surface area contributed by atoms with Gasteiger partial charge in [0.2, 0.25) is 0 Å². The second-order valence-corrected chi connectivity index (χ2v) is 1.75. The second-order valence-electron chi connectivity index (χ2n) is 1.75. The van der Waals surface area contributed by atoms with Crippen molar-refractivity contribution in [3.8, 4) is 5.75 Å². The third kappa shape index (κ3) is 1.43. The predicted octanol–water partition coefficient (Wildman–Crippen LogP) is -0.234. The molecule has 9 heavy (non-hydrogen) atoms. The lowest BCUT2D eigenvalue weighted by molar-refractivity contribution is 0.472. The molecule has 2 N–H and O–H groups in total. The van der Waals surface area contributed by atoms with Crippen molar-refractivity contribution in [3.63, 3.8) is 0 Å². The highest BCUT2D eigenvalue weighted by Crippen LogP contribution is 2.02. The number of nitrogens with one attached hydrogen (secondary N) is 1. The van der Waals surface area contributed by atoms with Gasteiger partial charge in [-0.1, -0.05) is 0 Å². The van der Waals surface area contributed by atoms with E-state index in [9.17, 15) is 0 Å². The number of aromatic hydroxyl groups is 1. The standard InChI is InChI=1S/C5H9N3O/c1-6-4-8-3-5(9)2-7-8/h2-3,6,9H,4H2,1H3. The molecular weight excluding hydrogens is 118 g/mol. The average molecular weight is 127 g/mol. The summed E-state index contributed by atoms with van der Waals surface area (Å²) in [6.45, 7) is 0.626. The maximum atomic E-state index is 8.77. The van der Waals surface area contributed by atoms with Gasteiger partial charge in [0.25, 0.3) is 0 Å². The normalized spacial score (nSPS) is 9.89. The van der Waals surface area contributed by atoms with Gasteiger partial charge in [-0.05, 0) is 7.05 Å². The first-order valence-electron chi connectivity index (χ1n) is 2.69. The summed E-state index contributed by atoms with van der Waals surface area (Å²) >= 11 is 0. The smallest absolute Gasteiger partial charge is 0.153 e. The fourth-order valence-corrected chi connectivity index (χ4v) is 0.601. The summed E-state index contributed by atoms with van der Waals surface area (Å²) in [5, 5.41) is 15.5. The van der Waals surface area contributed by atoms with Gasteiger partial charge >= 0.3 is 0 Å². The van der Waals surface area contributed by atoms with E-state index in [0.717, 1.165) is 0 Å². The van der Waals surface area contributed by atoms with Crippen LogP contribution in [0.15, 0.2) is 12.4 Å². The topological polar surface area (TPSA) is 50.1 Å². The molecule has 0 radical (unpaired) electrons. The van der Waals surface area contributed by atoms with Crippen molar-refractivity contribution in [1.82, 2.24) is 15.1 Å². The van der Waals surface area contributed by atoms with E-state index in [1.165, 1.54) is 6.20 Å². The average Bonchev–Trinajstić information content (AvgIpc) is 2.17. The molecule has 0 fully saturated rings. The summed E-state index contributed by atoms with van der Waals surface area (Å²) in [5.74, 6) is 0.199. The summed E-state index contributed by atoms with van der Waals surface area (Å²) in [6.07, 6.45) is 2.95. The molecule has 0 aromatic carbocycles. The van der Waals surface area contributed by atoms with Crippen LogP contribution in [0.4, 0.5) is 0 Å². The number of aromatic nitrogens is 2. The van der Waals surface area contributed by atoms with Crippen LogP contribution in [-0.4, -0.2) is 21.9 Å². The summed E-state index contributed by atoms with van der Waals surface area (Å²) < 4.78 is 1.61. The molecule has 0 atom stereocenters. The van der Waals surface area contributed by atoms with Crippen LogP contribution < -0.4 is 5.32 Å². The Morgan fingerprint density at radius 1 is 1.89 bits per heavy atom. The first-order chi connectivity index (χ1) is 4.33. The second kappa shape index (κ2) is 2.50. The van der Waals surface area contributed by atoms with Gasteiger partial charge in [0.05, 0.1) is 19.1 Å². The SMILES string of the molecule is CNCn1cc(O)cn1. The van der Waals surface area contributed by atoms with E-state index < -0.39 is 0 Å². The zero-order valence-electron chi connectivity index (χ0n) is 5.20. The number of hydrogen-bond acceptors (Lipinski definition) is 3. The van der Waals surface area contributed by atoms with Gasteiger partial charge in [0.15, 0.2) is 5.75 Å². The molecule has 1 heterocycles. The highest BCUT2D eigenvalue weighted by Gasteiger charge is 1.90. The lowest BCUT2D eigenvalue weighted by atomic mass is 10.7. The van der Waals surface area contributed by atoms with Crippen LogP contribution in [0.5, 0.6) is 5.75 Å². The van der Waals surface area contributed by atoms with Gasteiger partial charge in [-0.3, -0.25) is 4.68 Å². The van der Waals surface area contributed by atoms with Crippen molar-refractivity contribution in [2.24, 2.45) is 0 Å². The molecule has 1 aromatic rings. The van der Waals surface area contributed by atoms with Crippen molar-refractivity contribution >= 4 is 0 Å². The zero-order chi connectivity index (χ0) is 6.69. The van der Waals surface area contributed by atoms with E-state index in [1.807, 2.05) is 7.05 Å². The third-order valence-electron chi connectivity index (χ3n) is 0.940. The zero-order valence-corrected chi connectivity index (χ0v) is 5.20. The first-order valence-corrected chi connectivity index (χ1v) is 2.69. The lowest BCUT2D eigenvalue weighted by Crippen LogP contribution is -2.12. The molecule has 0 unspecified atom stereocenters. The summed E-state index contributed by atoms with van der Waals surface area (Å²) in [6, 6.07) is 0. The minimum absolute atomic E-state index is 0.199. The quantitative estimate of drug-likeness (QED) is 0.576. The Labute approximate surface area is 53.1 Å². The fraction of sp³-hybridized carbons (Fsp3) is 0.400. The van der Waals surface area contributed by atoms with Crippen molar-refractivity contribution in [3.05, 3.63) is 12.4 Å². The molecular formula is C5H9N3O. The van der Waals surface area contributed by atoms with Crippen molar-refractivity contribution in [2.75, 3.05) is 7.05 Å². The number of hydrogen-bond donors (Lipinski definition) is 2. The van der Waals surface area contributed by atoms with Crippen LogP contribution in [0.3, 0.4) is 0 Å². The van der Waals surface area contributed by atoms with E-state index in [1.54, 1.807) is 10.9 Å². The van der Waals surface area contributed by atoms with Crippen molar-refractivity contribution < 1.29 is 5.11 Å². The minimum Gasteiger partial charge on any atom is -0.505 e. The molecule has 0 amide bonds. The molecule has 0 bridgehead atoms. The molecule has 0 spiro atoms. The lowest BCUT2D eigenvalue weighted by Gasteiger charge is -1.95. The van der Waals surface area contributed by atoms with Crippen LogP contribution in [0.2, 0.25) is 0 Å². The van der Waals surface area contributed by atoms with Crippen LogP contribution in [0, 0.1) is 0 Å². The molecule has 4 nitrogen and oxygen atoms in total. The Hall–Kier alpha value is -1.03. The van der Waals surface area contributed by atoms with E-state index >= 15 is 0 Å². The maximum absolute atomic E-state index is 8.77. The first kappa shape index (κ1) is 6.10. The number of rotatable bonds is 2. The van der Waals surface area contributed by atoms with Crippen LogP contribution in [0.25, 0.3) is 0 Å². The van der Waals surface area contributed by atoms with Crippen LogP contribution in [0.1, 0.15) is 0 Å². The Balaban J connectivity index is 2.61. The minimum atomic E-state index is 0.199. The van der Waals surface area contributed by atoms with E-state index in [4.69, 9.17) is 5.11 Å². The molecule has 0 saturated heterocycles. The van der Waals surface area contributed by atoms with Gasteiger partial charge in [-0.2, -0.15) is 5.10 Å². The van der Waals surface area contributed by atoms with Crippen molar-refractivity contribution in [2.45, 2.75) is 6.67 Å². The summed E-state index contributed by atoms with van der Waals surface area (Å²) in [5.41, 5.74) is 0. The van der Waals surface area contributed by atoms with E-state index in [-0.39, 0.29) is 5.75 Å². The van der Waals surface area contributed by atoms with Gasteiger partial charge in [-0.15, -0.1) is 0 Å². The molecule has 0 aliphatic rings. The van der Waals surface area contributed by atoms with Gasteiger partial charge < -0.3 is 10.4 Å². The Morgan fingerprint density at radius 2 is 2.67 bits per heavy atom. The summed E-state index contributed by atoms with van der Waals surface area (Å²) in [4.78, 5) is 0. The Bertz CT molecular complexity index is 184. The van der Waals surface area contributed by atoms with E-state index in [0.29, 0.717) is 6.67 Å². The van der Waals surface area contributed by atoms with Crippen molar-refractivity contribution in [1.29, 1.82) is 0 Å². The Morgan fingerprint density at radius 3 is 3.11 bits per heavy atom. The molecule has 4 heteroatoms. The Kier molecular flexibility index (Phi) is 1.69. The largest absolute Gasteiger partial charge is 0.505 e. The number of nitrogens with zero attached hydrogens (tertiary/aromatic N) is 2. The molecule has 0 aliphatic heterocycles. The van der Waals surface area contributed by atoms with Crippen LogP contribution in [-0.2, 0) is 6.67 Å². The summed E-state index contributed by atoms with van der Waals surface area (Å²) in [7, 11) is 1.82. The highest BCUT2D eigenvalue weighted by atomic mass is 16.3. The van der Waals surface area contributed by atoms with Gasteiger partial charge in [0, 0.05) is 0 Å². The monoisotopic (exact) mass is 127 g/mol. The molecule has 0 aliphatic carbocycles. The van der Waals surface area contributed by atoms with E-state index in [2.05, 4.69) is 10.4 Å². The molecule has 1 rings (SSSR count). The predicted molar refractivity (Wildman–Crippen MR) is 33.0 cm³/mol. The highest BCUT2D eigenvalue weighted by molar-refractivity contribution is 5.08. The molecule has 1 aromatic heterocycles. The van der Waals surface area contributed by atoms with Gasteiger partial charge in [0.1, 0.15) is 0 Å². The fourth-order valence-electron chi connectivity index (χ4n) is 0.601. The maximum Gasteiger partial charge on any atom is 0.153 e.